The van der Waals surface area contributed by atoms with Gasteiger partial charge in [-0.1, -0.05) is 0 Å². The van der Waals surface area contributed by atoms with E-state index in [-0.39, 0.29) is 4.74 Å². The van der Waals surface area contributed by atoms with Crippen LogP contribution in [-0.2, 0) is 0 Å². The fourth-order valence-corrected chi connectivity index (χ4v) is 1.43. The Morgan fingerprint density at radius 3 is 3.30 bits per heavy atom. The van der Waals surface area contributed by atoms with Crippen LogP contribution in [0, 0.1) is 0 Å². The quantitative estimate of drug-likeness (QED) is 0.611. The molecule has 10 heavy (non-hydrogen) atoms. The SMILES string of the molecule is O=c1sccc2[nH]ncc12. The third kappa shape index (κ3) is 0.657. The number of rotatable bonds is 0. The highest BCUT2D eigenvalue weighted by atomic mass is 32.1. The van der Waals surface area contributed by atoms with Gasteiger partial charge in [0.2, 0.25) is 4.74 Å². The highest BCUT2D eigenvalue weighted by molar-refractivity contribution is 7.07. The standard InChI is InChI=1S/C6H4N2OS/c9-6-4-3-7-8-5(4)1-2-10-6/h1-3H,(H,7,8). The molecular formula is C6H4N2OS. The number of hydrogen-bond donors (Lipinski definition) is 1. The number of aromatic nitrogens is 2. The minimum atomic E-state index is 0.0613. The van der Waals surface area contributed by atoms with Crippen LogP contribution >= 0.6 is 11.3 Å². The topological polar surface area (TPSA) is 45.8 Å². The molecule has 0 fully saturated rings. The number of aromatic amines is 1. The third-order valence-corrected chi connectivity index (χ3v) is 2.00. The van der Waals surface area contributed by atoms with E-state index in [0.717, 1.165) is 5.52 Å². The van der Waals surface area contributed by atoms with Crippen molar-refractivity contribution < 1.29 is 0 Å². The molecule has 0 unspecified atom stereocenters. The summed E-state index contributed by atoms with van der Waals surface area (Å²) >= 11 is 1.19. The molecule has 0 amide bonds. The third-order valence-electron chi connectivity index (χ3n) is 1.30. The molecule has 2 rings (SSSR count). The van der Waals surface area contributed by atoms with Crippen molar-refractivity contribution in [2.75, 3.05) is 0 Å². The Labute approximate surface area is 60.3 Å². The molecule has 0 spiro atoms. The predicted molar refractivity (Wildman–Crippen MR) is 40.2 cm³/mol. The van der Waals surface area contributed by atoms with E-state index in [4.69, 9.17) is 0 Å². The fourth-order valence-electron chi connectivity index (χ4n) is 0.813. The molecule has 3 nitrogen and oxygen atoms in total. The molecule has 0 aromatic carbocycles. The van der Waals surface area contributed by atoms with Crippen LogP contribution in [0.1, 0.15) is 0 Å². The number of H-pyrrole nitrogens is 1. The van der Waals surface area contributed by atoms with Gasteiger partial charge in [0.1, 0.15) is 0 Å². The molecule has 0 atom stereocenters. The van der Waals surface area contributed by atoms with Gasteiger partial charge in [-0.3, -0.25) is 9.89 Å². The van der Waals surface area contributed by atoms with Crippen molar-refractivity contribution in [1.29, 1.82) is 0 Å². The highest BCUT2D eigenvalue weighted by Gasteiger charge is 1.96. The predicted octanol–water partition coefficient (Wildman–Crippen LogP) is 0.985. The van der Waals surface area contributed by atoms with Gasteiger partial charge in [-0.15, -0.1) is 11.3 Å². The van der Waals surface area contributed by atoms with Gasteiger partial charge in [0, 0.05) is 0 Å². The normalized spacial score (nSPS) is 10.4. The van der Waals surface area contributed by atoms with E-state index < -0.39 is 0 Å². The van der Waals surface area contributed by atoms with Gasteiger partial charge in [0.15, 0.2) is 0 Å². The van der Waals surface area contributed by atoms with Gasteiger partial charge in [0.25, 0.3) is 0 Å². The Bertz CT molecular complexity index is 403. The zero-order valence-electron chi connectivity index (χ0n) is 5.00. The average Bonchev–Trinajstić information content (AvgIpc) is 2.36. The summed E-state index contributed by atoms with van der Waals surface area (Å²) in [5.41, 5.74) is 0.809. The maximum absolute atomic E-state index is 11.0. The van der Waals surface area contributed by atoms with E-state index in [1.54, 1.807) is 11.6 Å². The van der Waals surface area contributed by atoms with Crippen molar-refractivity contribution in [3.63, 3.8) is 0 Å². The van der Waals surface area contributed by atoms with E-state index in [9.17, 15) is 4.79 Å². The molecule has 0 saturated heterocycles. The Hall–Kier alpha value is -1.16. The van der Waals surface area contributed by atoms with E-state index in [0.29, 0.717) is 5.39 Å². The molecule has 1 N–H and O–H groups in total. The summed E-state index contributed by atoms with van der Waals surface area (Å²) in [6, 6.07) is 1.84. The molecule has 2 aromatic rings. The first-order valence-electron chi connectivity index (χ1n) is 2.79. The van der Waals surface area contributed by atoms with Crippen LogP contribution in [0.15, 0.2) is 22.4 Å². The lowest BCUT2D eigenvalue weighted by Gasteiger charge is -1.80. The number of nitrogens with zero attached hydrogens (tertiary/aromatic N) is 1. The van der Waals surface area contributed by atoms with Crippen molar-refractivity contribution in [2.45, 2.75) is 0 Å². The maximum atomic E-state index is 11.0. The molecule has 4 heteroatoms. The second-order valence-corrected chi connectivity index (χ2v) is 2.78. The van der Waals surface area contributed by atoms with Crippen LogP contribution in [-0.4, -0.2) is 10.2 Å². The van der Waals surface area contributed by atoms with Crippen LogP contribution in [0.3, 0.4) is 0 Å². The molecule has 0 aliphatic rings. The first-order chi connectivity index (χ1) is 4.88. The summed E-state index contributed by atoms with van der Waals surface area (Å²) in [7, 11) is 0. The van der Waals surface area contributed by atoms with Crippen molar-refractivity contribution in [1.82, 2.24) is 10.2 Å². The van der Waals surface area contributed by atoms with E-state index in [1.807, 2.05) is 6.07 Å². The first kappa shape index (κ1) is 5.61. The molecule has 0 saturated carbocycles. The largest absolute Gasteiger partial charge is 0.278 e. The van der Waals surface area contributed by atoms with Gasteiger partial charge < -0.3 is 0 Å². The van der Waals surface area contributed by atoms with Crippen LogP contribution < -0.4 is 4.74 Å². The van der Waals surface area contributed by atoms with E-state index >= 15 is 0 Å². The Morgan fingerprint density at radius 2 is 2.50 bits per heavy atom. The summed E-state index contributed by atoms with van der Waals surface area (Å²) in [4.78, 5) is 11.0. The van der Waals surface area contributed by atoms with Crippen molar-refractivity contribution in [2.24, 2.45) is 0 Å². The van der Waals surface area contributed by atoms with Crippen LogP contribution in [0.5, 0.6) is 0 Å². The molecule has 0 aliphatic heterocycles. The van der Waals surface area contributed by atoms with Gasteiger partial charge >= 0.3 is 0 Å². The van der Waals surface area contributed by atoms with Crippen molar-refractivity contribution >= 4 is 22.2 Å². The number of nitrogens with one attached hydrogen (secondary N) is 1. The maximum Gasteiger partial charge on any atom is 0.243 e. The summed E-state index contributed by atoms with van der Waals surface area (Å²) in [5.74, 6) is 0. The average molecular weight is 152 g/mol. The van der Waals surface area contributed by atoms with E-state index in [1.165, 1.54) is 11.3 Å². The lowest BCUT2D eigenvalue weighted by Crippen LogP contribution is -1.90. The lowest BCUT2D eigenvalue weighted by molar-refractivity contribution is 1.12. The van der Waals surface area contributed by atoms with Crippen LogP contribution in [0.4, 0.5) is 0 Å². The molecular weight excluding hydrogens is 148 g/mol. The minimum Gasteiger partial charge on any atom is -0.278 e. The number of hydrogen-bond acceptors (Lipinski definition) is 3. The summed E-state index contributed by atoms with van der Waals surface area (Å²) < 4.78 is 0.0613. The second-order valence-electron chi connectivity index (χ2n) is 1.91. The van der Waals surface area contributed by atoms with Gasteiger partial charge in [-0.2, -0.15) is 5.10 Å². The number of fused-ring (bicyclic) bond motifs is 1. The molecule has 0 bridgehead atoms. The zero-order valence-corrected chi connectivity index (χ0v) is 5.81. The van der Waals surface area contributed by atoms with Crippen molar-refractivity contribution in [3.8, 4) is 0 Å². The summed E-state index contributed by atoms with van der Waals surface area (Å²) in [6.45, 7) is 0. The molecule has 50 valence electrons. The van der Waals surface area contributed by atoms with Gasteiger partial charge in [-0.05, 0) is 11.4 Å². The monoisotopic (exact) mass is 152 g/mol. The minimum absolute atomic E-state index is 0.0613. The van der Waals surface area contributed by atoms with Crippen LogP contribution in [0.2, 0.25) is 0 Å². The first-order valence-corrected chi connectivity index (χ1v) is 3.67. The smallest absolute Gasteiger partial charge is 0.243 e. The summed E-state index contributed by atoms with van der Waals surface area (Å²) in [5, 5.41) is 8.89. The molecule has 2 heterocycles. The Balaban J connectivity index is 3.09. The Kier molecular flexibility index (Phi) is 1.07. The fraction of sp³-hybridized carbons (Fsp3) is 0. The zero-order chi connectivity index (χ0) is 6.97. The van der Waals surface area contributed by atoms with Gasteiger partial charge in [0.05, 0.1) is 17.1 Å². The van der Waals surface area contributed by atoms with Gasteiger partial charge in [-0.25, -0.2) is 0 Å². The summed E-state index contributed by atoms with van der Waals surface area (Å²) in [6.07, 6.45) is 1.55. The second kappa shape index (κ2) is 1.91. The molecule has 2 aromatic heterocycles. The van der Waals surface area contributed by atoms with E-state index in [2.05, 4.69) is 10.2 Å². The molecule has 0 aliphatic carbocycles. The Morgan fingerprint density at radius 1 is 1.60 bits per heavy atom. The van der Waals surface area contributed by atoms with Crippen molar-refractivity contribution in [3.05, 3.63) is 27.2 Å². The lowest BCUT2D eigenvalue weighted by atomic mass is 10.4. The van der Waals surface area contributed by atoms with Crippen LogP contribution in [0.25, 0.3) is 10.9 Å². The molecule has 0 radical (unpaired) electrons. The highest BCUT2D eigenvalue weighted by Crippen LogP contribution is 2.04.